The Kier molecular flexibility index (Phi) is 4.04. The lowest BCUT2D eigenvalue weighted by atomic mass is 9.99. The number of nitrogens with zero attached hydrogens (tertiary/aromatic N) is 4. The van der Waals surface area contributed by atoms with Gasteiger partial charge in [0.25, 0.3) is 0 Å². The molecule has 4 rings (SSSR count). The molecule has 0 amide bonds. The van der Waals surface area contributed by atoms with Gasteiger partial charge in [-0.15, -0.1) is 0 Å². The molecule has 3 aromatic rings. The molecule has 5 nitrogen and oxygen atoms in total. The monoisotopic (exact) mass is 322 g/mol. The van der Waals surface area contributed by atoms with Crippen LogP contribution in [0.2, 0.25) is 0 Å². The van der Waals surface area contributed by atoms with E-state index < -0.39 is 0 Å². The van der Waals surface area contributed by atoms with Crippen LogP contribution >= 0.6 is 0 Å². The molecule has 0 aliphatic carbocycles. The van der Waals surface area contributed by atoms with E-state index in [1.165, 1.54) is 5.69 Å². The minimum Gasteiger partial charge on any atom is -0.391 e. The van der Waals surface area contributed by atoms with Crippen LogP contribution in [0.3, 0.4) is 0 Å². The highest BCUT2D eigenvalue weighted by Crippen LogP contribution is 2.23. The van der Waals surface area contributed by atoms with Gasteiger partial charge >= 0.3 is 0 Å². The predicted octanol–water partition coefficient (Wildman–Crippen LogP) is 2.00. The summed E-state index contributed by atoms with van der Waals surface area (Å²) in [5.74, 6) is 0.229. The summed E-state index contributed by atoms with van der Waals surface area (Å²) >= 11 is 0. The van der Waals surface area contributed by atoms with Crippen molar-refractivity contribution >= 4 is 10.9 Å². The number of β-amino-alcohol motifs (C(OH)–C–C–N with tert-alkyl or cyclic N) is 1. The van der Waals surface area contributed by atoms with E-state index in [2.05, 4.69) is 28.2 Å². The normalized spacial score (nSPS) is 21.6. The largest absolute Gasteiger partial charge is 0.391 e. The highest BCUT2D eigenvalue weighted by Gasteiger charge is 2.31. The van der Waals surface area contributed by atoms with Crippen molar-refractivity contribution in [3.63, 3.8) is 0 Å². The summed E-state index contributed by atoms with van der Waals surface area (Å²) in [6, 6.07) is 14.4. The van der Waals surface area contributed by atoms with Crippen LogP contribution < -0.4 is 0 Å². The number of aryl methyl sites for hydroxylation is 1. The minimum absolute atomic E-state index is 0.229. The van der Waals surface area contributed by atoms with E-state index in [1.54, 1.807) is 0 Å². The fourth-order valence-corrected chi connectivity index (χ4v) is 3.55. The first kappa shape index (κ1) is 15.3. The van der Waals surface area contributed by atoms with Gasteiger partial charge in [-0.05, 0) is 24.6 Å². The van der Waals surface area contributed by atoms with Gasteiger partial charge in [0.1, 0.15) is 0 Å². The highest BCUT2D eigenvalue weighted by atomic mass is 16.3. The van der Waals surface area contributed by atoms with Gasteiger partial charge in [-0.1, -0.05) is 24.3 Å². The molecule has 0 spiro atoms. The third-order valence-electron chi connectivity index (χ3n) is 4.92. The van der Waals surface area contributed by atoms with Crippen LogP contribution in [0.1, 0.15) is 11.4 Å². The highest BCUT2D eigenvalue weighted by molar-refractivity contribution is 5.78. The quantitative estimate of drug-likeness (QED) is 0.798. The van der Waals surface area contributed by atoms with Gasteiger partial charge in [0.05, 0.1) is 17.3 Å². The van der Waals surface area contributed by atoms with Crippen LogP contribution in [0.4, 0.5) is 0 Å². The van der Waals surface area contributed by atoms with Crippen LogP contribution in [0, 0.1) is 5.92 Å². The Morgan fingerprint density at radius 1 is 1.12 bits per heavy atom. The van der Waals surface area contributed by atoms with Gasteiger partial charge in [-0.2, -0.15) is 5.10 Å². The second kappa shape index (κ2) is 6.34. The Morgan fingerprint density at radius 2 is 2.00 bits per heavy atom. The first-order chi connectivity index (χ1) is 11.7. The fraction of sp³-hybridized carbons (Fsp3) is 0.368. The van der Waals surface area contributed by atoms with Crippen LogP contribution in [0.5, 0.6) is 0 Å². The molecule has 1 aliphatic heterocycles. The second-order valence-corrected chi connectivity index (χ2v) is 6.67. The first-order valence-corrected chi connectivity index (χ1v) is 8.41. The molecule has 2 aromatic heterocycles. The van der Waals surface area contributed by atoms with Crippen LogP contribution in [-0.4, -0.2) is 44.0 Å². The van der Waals surface area contributed by atoms with Crippen molar-refractivity contribution in [3.8, 4) is 0 Å². The minimum atomic E-state index is -0.300. The SMILES string of the molecule is Cn1nccc1CN1C[C@@H](Cc2ccc3ccccc3n2)[C@H](O)C1. The molecule has 1 aromatic carbocycles. The number of benzene rings is 1. The van der Waals surface area contributed by atoms with Crippen molar-refractivity contribution in [1.29, 1.82) is 0 Å². The first-order valence-electron chi connectivity index (χ1n) is 8.41. The molecule has 5 heteroatoms. The zero-order valence-corrected chi connectivity index (χ0v) is 13.8. The molecule has 0 radical (unpaired) electrons. The molecule has 3 heterocycles. The van der Waals surface area contributed by atoms with Gasteiger partial charge in [0, 0.05) is 49.9 Å². The standard InChI is InChI=1S/C19H22N4O/c1-22-17(8-9-20-22)12-23-11-15(19(24)13-23)10-16-7-6-14-4-2-3-5-18(14)21-16/h2-9,15,19,24H,10-13H2,1H3/t15-,19-/m1/s1. The number of aliphatic hydroxyl groups excluding tert-OH is 1. The van der Waals surface area contributed by atoms with Crippen LogP contribution in [-0.2, 0) is 20.0 Å². The summed E-state index contributed by atoms with van der Waals surface area (Å²) in [6.07, 6.45) is 2.33. The number of hydrogen-bond acceptors (Lipinski definition) is 4. The number of rotatable bonds is 4. The van der Waals surface area contributed by atoms with Crippen molar-refractivity contribution in [3.05, 3.63) is 60.0 Å². The van der Waals surface area contributed by atoms with Gasteiger partial charge in [-0.3, -0.25) is 14.6 Å². The Balaban J connectivity index is 1.45. The zero-order valence-electron chi connectivity index (χ0n) is 13.8. The summed E-state index contributed by atoms with van der Waals surface area (Å²) in [5, 5.41) is 15.8. The number of para-hydroxylation sites is 1. The maximum Gasteiger partial charge on any atom is 0.0711 e. The lowest BCUT2D eigenvalue weighted by Gasteiger charge is -2.15. The lowest BCUT2D eigenvalue weighted by molar-refractivity contribution is 0.140. The van der Waals surface area contributed by atoms with Gasteiger partial charge < -0.3 is 5.11 Å². The van der Waals surface area contributed by atoms with E-state index in [0.717, 1.165) is 36.1 Å². The molecule has 24 heavy (non-hydrogen) atoms. The van der Waals surface area contributed by atoms with Gasteiger partial charge in [0.2, 0.25) is 0 Å². The lowest BCUT2D eigenvalue weighted by Crippen LogP contribution is -2.22. The molecule has 1 N–H and O–H groups in total. The number of likely N-dealkylation sites (tertiary alicyclic amines) is 1. The van der Waals surface area contributed by atoms with E-state index in [0.29, 0.717) is 6.54 Å². The molecule has 2 atom stereocenters. The zero-order chi connectivity index (χ0) is 16.5. The molecule has 0 unspecified atom stereocenters. The van der Waals surface area contributed by atoms with Crippen molar-refractivity contribution < 1.29 is 5.11 Å². The van der Waals surface area contributed by atoms with Crippen molar-refractivity contribution in [2.75, 3.05) is 13.1 Å². The molecule has 0 saturated carbocycles. The third kappa shape index (κ3) is 3.05. The van der Waals surface area contributed by atoms with Crippen molar-refractivity contribution in [2.24, 2.45) is 13.0 Å². The van der Waals surface area contributed by atoms with Gasteiger partial charge in [0.15, 0.2) is 0 Å². The van der Waals surface area contributed by atoms with E-state index in [4.69, 9.17) is 4.98 Å². The van der Waals surface area contributed by atoms with E-state index >= 15 is 0 Å². The smallest absolute Gasteiger partial charge is 0.0711 e. The second-order valence-electron chi connectivity index (χ2n) is 6.67. The van der Waals surface area contributed by atoms with Crippen molar-refractivity contribution in [1.82, 2.24) is 19.7 Å². The number of hydrogen-bond donors (Lipinski definition) is 1. The average molecular weight is 322 g/mol. The van der Waals surface area contributed by atoms with Crippen molar-refractivity contribution in [2.45, 2.75) is 19.1 Å². The molecule has 0 bridgehead atoms. The van der Waals surface area contributed by atoms with Gasteiger partial charge in [-0.25, -0.2) is 0 Å². The molecule has 1 saturated heterocycles. The number of fused-ring (bicyclic) bond motifs is 1. The Morgan fingerprint density at radius 3 is 2.83 bits per heavy atom. The maximum absolute atomic E-state index is 10.4. The Labute approximate surface area is 141 Å². The molecule has 124 valence electrons. The van der Waals surface area contributed by atoms with E-state index in [1.807, 2.05) is 42.2 Å². The summed E-state index contributed by atoms with van der Waals surface area (Å²) in [5.41, 5.74) is 3.25. The topological polar surface area (TPSA) is 54.2 Å². The van der Waals surface area contributed by atoms with E-state index in [-0.39, 0.29) is 12.0 Å². The average Bonchev–Trinajstić information content (AvgIpc) is 3.14. The Bertz CT molecular complexity index is 844. The maximum atomic E-state index is 10.4. The summed E-state index contributed by atoms with van der Waals surface area (Å²) < 4.78 is 1.89. The molecular weight excluding hydrogens is 300 g/mol. The van der Waals surface area contributed by atoms with Crippen LogP contribution in [0.25, 0.3) is 10.9 Å². The summed E-state index contributed by atoms with van der Waals surface area (Å²) in [4.78, 5) is 7.04. The number of aromatic nitrogens is 3. The summed E-state index contributed by atoms with van der Waals surface area (Å²) in [7, 11) is 1.96. The summed E-state index contributed by atoms with van der Waals surface area (Å²) in [6.45, 7) is 2.43. The number of aliphatic hydroxyl groups is 1. The van der Waals surface area contributed by atoms with E-state index in [9.17, 15) is 5.11 Å². The predicted molar refractivity (Wildman–Crippen MR) is 93.4 cm³/mol. The Hall–Kier alpha value is -2.24. The fourth-order valence-electron chi connectivity index (χ4n) is 3.55. The number of pyridine rings is 1. The van der Waals surface area contributed by atoms with Crippen LogP contribution in [0.15, 0.2) is 48.7 Å². The molecule has 1 aliphatic rings. The molecule has 1 fully saturated rings. The third-order valence-corrected chi connectivity index (χ3v) is 4.92. The molecular formula is C19H22N4O.